The number of H-pyrrole nitrogens is 1. The van der Waals surface area contributed by atoms with Crippen LogP contribution in [0.2, 0.25) is 0 Å². The molecule has 0 amide bonds. The normalized spacial score (nSPS) is 9.07. The summed E-state index contributed by atoms with van der Waals surface area (Å²) in [5, 5.41) is 0. The number of benzene rings is 1. The van der Waals surface area contributed by atoms with E-state index >= 15 is 0 Å². The minimum absolute atomic E-state index is 0.548. The van der Waals surface area contributed by atoms with Gasteiger partial charge < -0.3 is 4.98 Å². The first-order chi connectivity index (χ1) is 7.38. The summed E-state index contributed by atoms with van der Waals surface area (Å²) in [6.07, 6.45) is 2.49. The van der Waals surface area contributed by atoms with E-state index in [9.17, 15) is 4.79 Å². The number of hydrogen-bond donors (Lipinski definition) is 1. The van der Waals surface area contributed by atoms with Crippen molar-refractivity contribution in [2.75, 3.05) is 0 Å². The summed E-state index contributed by atoms with van der Waals surface area (Å²) in [6.45, 7) is 0. The molecule has 0 saturated heterocycles. The number of hydrogen-bond acceptors (Lipinski definition) is 1. The van der Waals surface area contributed by atoms with Gasteiger partial charge in [-0.2, -0.15) is 0 Å². The van der Waals surface area contributed by atoms with Crippen LogP contribution in [0.25, 0.3) is 0 Å². The highest BCUT2D eigenvalue weighted by atomic mass is 16.1. The van der Waals surface area contributed by atoms with Crippen molar-refractivity contribution in [2.24, 2.45) is 0 Å². The summed E-state index contributed by atoms with van der Waals surface area (Å²) in [5.74, 6) is 5.99. The Morgan fingerprint density at radius 1 is 1.07 bits per heavy atom. The average molecular weight is 195 g/mol. The van der Waals surface area contributed by atoms with Gasteiger partial charge in [0.15, 0.2) is 6.29 Å². The standard InChI is InChI=1S/C13H9NO/c15-10-13-8-12(9-14-13)7-6-11-4-2-1-3-5-11/h1-5,8-10,14H. The maximum Gasteiger partial charge on any atom is 0.166 e. The summed E-state index contributed by atoms with van der Waals surface area (Å²) in [4.78, 5) is 13.2. The molecule has 0 spiro atoms. The van der Waals surface area contributed by atoms with E-state index < -0.39 is 0 Å². The predicted molar refractivity (Wildman–Crippen MR) is 58.6 cm³/mol. The molecule has 2 aromatic rings. The number of nitrogens with one attached hydrogen (secondary N) is 1. The average Bonchev–Trinajstić information content (AvgIpc) is 2.76. The lowest BCUT2D eigenvalue weighted by atomic mass is 10.2. The van der Waals surface area contributed by atoms with Crippen LogP contribution >= 0.6 is 0 Å². The molecule has 0 atom stereocenters. The summed E-state index contributed by atoms with van der Waals surface area (Å²) in [7, 11) is 0. The molecule has 72 valence electrons. The monoisotopic (exact) mass is 195 g/mol. The first kappa shape index (κ1) is 9.29. The first-order valence-corrected chi connectivity index (χ1v) is 4.59. The van der Waals surface area contributed by atoms with Crippen LogP contribution in [0, 0.1) is 11.8 Å². The maximum absolute atomic E-state index is 10.4. The van der Waals surface area contributed by atoms with Crippen molar-refractivity contribution in [3.8, 4) is 11.8 Å². The number of aldehydes is 1. The SMILES string of the molecule is O=Cc1cc(C#Cc2ccccc2)c[nH]1. The molecule has 0 aliphatic carbocycles. The Hall–Kier alpha value is -2.27. The lowest BCUT2D eigenvalue weighted by Crippen LogP contribution is -1.73. The topological polar surface area (TPSA) is 32.9 Å². The molecule has 0 unspecified atom stereocenters. The summed E-state index contributed by atoms with van der Waals surface area (Å²) in [5.41, 5.74) is 2.33. The van der Waals surface area contributed by atoms with Gasteiger partial charge in [0.25, 0.3) is 0 Å². The van der Waals surface area contributed by atoms with Crippen LogP contribution in [-0.4, -0.2) is 11.3 Å². The van der Waals surface area contributed by atoms with E-state index in [-0.39, 0.29) is 0 Å². The van der Waals surface area contributed by atoms with Gasteiger partial charge in [-0.3, -0.25) is 4.79 Å². The number of carbonyl (C=O) groups is 1. The van der Waals surface area contributed by atoms with Crippen molar-refractivity contribution in [1.82, 2.24) is 4.98 Å². The highest BCUT2D eigenvalue weighted by Crippen LogP contribution is 2.00. The van der Waals surface area contributed by atoms with E-state index in [0.717, 1.165) is 17.4 Å². The Morgan fingerprint density at radius 3 is 2.47 bits per heavy atom. The van der Waals surface area contributed by atoms with Crippen molar-refractivity contribution in [1.29, 1.82) is 0 Å². The molecule has 0 radical (unpaired) electrons. The lowest BCUT2D eigenvalue weighted by molar-refractivity contribution is 0.111. The Bertz CT molecular complexity index is 514. The Morgan fingerprint density at radius 2 is 1.80 bits per heavy atom. The summed E-state index contributed by atoms with van der Waals surface area (Å²) >= 11 is 0. The second kappa shape index (κ2) is 4.30. The maximum atomic E-state index is 10.4. The van der Waals surface area contributed by atoms with Crippen molar-refractivity contribution in [3.63, 3.8) is 0 Å². The van der Waals surface area contributed by atoms with Crippen LogP contribution in [0.4, 0.5) is 0 Å². The summed E-state index contributed by atoms with van der Waals surface area (Å²) < 4.78 is 0. The number of aromatic nitrogens is 1. The Kier molecular flexibility index (Phi) is 2.66. The molecule has 1 N–H and O–H groups in total. The molecule has 2 nitrogen and oxygen atoms in total. The van der Waals surface area contributed by atoms with Crippen LogP contribution in [-0.2, 0) is 0 Å². The fourth-order valence-corrected chi connectivity index (χ4v) is 1.22. The molecule has 1 aromatic heterocycles. The largest absolute Gasteiger partial charge is 0.358 e. The number of carbonyl (C=O) groups excluding carboxylic acids is 1. The van der Waals surface area contributed by atoms with Gasteiger partial charge in [0.1, 0.15) is 0 Å². The quantitative estimate of drug-likeness (QED) is 0.549. The van der Waals surface area contributed by atoms with E-state index in [1.165, 1.54) is 0 Å². The van der Waals surface area contributed by atoms with Crippen LogP contribution < -0.4 is 0 Å². The van der Waals surface area contributed by atoms with Crippen molar-refractivity contribution >= 4 is 6.29 Å². The van der Waals surface area contributed by atoms with Crippen molar-refractivity contribution < 1.29 is 4.79 Å². The molecule has 0 aliphatic heterocycles. The van der Waals surface area contributed by atoms with Gasteiger partial charge in [-0.15, -0.1) is 0 Å². The highest BCUT2D eigenvalue weighted by Gasteiger charge is 1.92. The van der Waals surface area contributed by atoms with Gasteiger partial charge in [-0.05, 0) is 18.2 Å². The third kappa shape index (κ3) is 2.35. The molecule has 15 heavy (non-hydrogen) atoms. The second-order valence-electron chi connectivity index (χ2n) is 3.08. The van der Waals surface area contributed by atoms with E-state index in [1.807, 2.05) is 30.3 Å². The molecule has 0 fully saturated rings. The summed E-state index contributed by atoms with van der Waals surface area (Å²) in [6, 6.07) is 11.4. The zero-order chi connectivity index (χ0) is 10.5. The van der Waals surface area contributed by atoms with Gasteiger partial charge in [0.2, 0.25) is 0 Å². The van der Waals surface area contributed by atoms with E-state index in [1.54, 1.807) is 12.3 Å². The van der Waals surface area contributed by atoms with Crippen molar-refractivity contribution in [3.05, 3.63) is 59.4 Å². The van der Waals surface area contributed by atoms with Crippen LogP contribution in [0.15, 0.2) is 42.6 Å². The fraction of sp³-hybridized carbons (Fsp3) is 0. The fourth-order valence-electron chi connectivity index (χ4n) is 1.22. The van der Waals surface area contributed by atoms with Crippen LogP contribution in [0.5, 0.6) is 0 Å². The van der Waals surface area contributed by atoms with Gasteiger partial charge in [0, 0.05) is 17.3 Å². The lowest BCUT2D eigenvalue weighted by Gasteiger charge is -1.85. The predicted octanol–water partition coefficient (Wildman–Crippen LogP) is 2.23. The highest BCUT2D eigenvalue weighted by molar-refractivity contribution is 5.73. The minimum Gasteiger partial charge on any atom is -0.358 e. The Labute approximate surface area is 88.0 Å². The van der Waals surface area contributed by atoms with E-state index in [0.29, 0.717) is 5.69 Å². The molecule has 1 heterocycles. The van der Waals surface area contributed by atoms with Crippen molar-refractivity contribution in [2.45, 2.75) is 0 Å². The van der Waals surface area contributed by atoms with Gasteiger partial charge in [-0.1, -0.05) is 30.0 Å². The first-order valence-electron chi connectivity index (χ1n) is 4.59. The van der Waals surface area contributed by atoms with E-state index in [2.05, 4.69) is 16.8 Å². The van der Waals surface area contributed by atoms with Gasteiger partial charge >= 0.3 is 0 Å². The molecule has 2 heteroatoms. The molecular weight excluding hydrogens is 186 g/mol. The molecule has 1 aromatic carbocycles. The molecule has 2 rings (SSSR count). The zero-order valence-electron chi connectivity index (χ0n) is 8.03. The molecule has 0 aliphatic rings. The second-order valence-corrected chi connectivity index (χ2v) is 3.08. The third-order valence-electron chi connectivity index (χ3n) is 1.96. The molecular formula is C13H9NO. The Balaban J connectivity index is 2.22. The smallest absolute Gasteiger partial charge is 0.166 e. The number of rotatable bonds is 1. The number of aromatic amines is 1. The van der Waals surface area contributed by atoms with Crippen LogP contribution in [0.1, 0.15) is 21.6 Å². The molecule has 0 saturated carbocycles. The molecule has 0 bridgehead atoms. The minimum atomic E-state index is 0.548. The zero-order valence-corrected chi connectivity index (χ0v) is 8.03. The van der Waals surface area contributed by atoms with E-state index in [4.69, 9.17) is 0 Å². The third-order valence-corrected chi connectivity index (χ3v) is 1.96. The van der Waals surface area contributed by atoms with Crippen LogP contribution in [0.3, 0.4) is 0 Å². The van der Waals surface area contributed by atoms with Gasteiger partial charge in [0.05, 0.1) is 5.69 Å². The van der Waals surface area contributed by atoms with Gasteiger partial charge in [-0.25, -0.2) is 0 Å².